The second-order valence-electron chi connectivity index (χ2n) is 9.64. The minimum absolute atomic E-state index is 0.119. The lowest BCUT2D eigenvalue weighted by molar-refractivity contribution is 0.171. The van der Waals surface area contributed by atoms with Crippen molar-refractivity contribution in [2.45, 2.75) is 62.4 Å². The Morgan fingerprint density at radius 2 is 2.03 bits per heavy atom. The molecule has 3 fully saturated rings. The number of phenolic OH excluding ortho intramolecular Hbond substituents is 1. The summed E-state index contributed by atoms with van der Waals surface area (Å²) in [6.07, 6.45) is 6.08. The van der Waals surface area contributed by atoms with Crippen molar-refractivity contribution in [1.29, 1.82) is 0 Å². The van der Waals surface area contributed by atoms with Crippen molar-refractivity contribution < 1.29 is 13.9 Å². The lowest BCUT2D eigenvalue weighted by atomic mass is 9.96. The zero-order valence-electron chi connectivity index (χ0n) is 19.1. The van der Waals surface area contributed by atoms with E-state index in [1.807, 2.05) is 4.90 Å². The van der Waals surface area contributed by atoms with Crippen LogP contribution in [-0.2, 0) is 7.05 Å². The van der Waals surface area contributed by atoms with Crippen LogP contribution in [0.25, 0.3) is 22.5 Å². The standard InChI is InChI=1S/C24H25F2N7O2/c1-32-11-16(25)22(29-24(32)35)12-2-6-15(20(34)8-12)18-10-27-23(31-30-18)33(14-4-5-14)19-9-13-3-7-17(28-13)21(19)26/h2,6,8,10-11,13-14,17,19,21,28,34H,3-5,7,9H2,1H3/t13-,17-,19+,21-/m0/s1. The lowest BCUT2D eigenvalue weighted by Crippen LogP contribution is -2.57. The third-order valence-corrected chi connectivity index (χ3v) is 7.22. The van der Waals surface area contributed by atoms with E-state index in [0.29, 0.717) is 29.7 Å². The summed E-state index contributed by atoms with van der Waals surface area (Å²) in [6, 6.07) is 4.57. The second kappa shape index (κ2) is 8.33. The molecule has 2 N–H and O–H groups in total. The van der Waals surface area contributed by atoms with Gasteiger partial charge in [0.2, 0.25) is 5.95 Å². The van der Waals surface area contributed by atoms with Crippen molar-refractivity contribution in [3.8, 4) is 28.3 Å². The Hall–Kier alpha value is -3.47. The Kier molecular flexibility index (Phi) is 5.24. The molecule has 3 aliphatic rings. The van der Waals surface area contributed by atoms with Gasteiger partial charge >= 0.3 is 5.69 Å². The van der Waals surface area contributed by atoms with Gasteiger partial charge in [-0.2, -0.15) is 4.98 Å². The third kappa shape index (κ3) is 3.93. The number of nitrogens with one attached hydrogen (secondary N) is 1. The number of halogens is 2. The van der Waals surface area contributed by atoms with Crippen LogP contribution in [0.5, 0.6) is 5.75 Å². The zero-order valence-corrected chi connectivity index (χ0v) is 19.1. The largest absolute Gasteiger partial charge is 0.507 e. The smallest absolute Gasteiger partial charge is 0.348 e. The number of hydrogen-bond donors (Lipinski definition) is 2. The topological polar surface area (TPSA) is 109 Å². The molecule has 2 saturated heterocycles. The lowest BCUT2D eigenvalue weighted by Gasteiger charge is -2.40. The third-order valence-electron chi connectivity index (χ3n) is 7.22. The Morgan fingerprint density at radius 3 is 2.74 bits per heavy atom. The van der Waals surface area contributed by atoms with Gasteiger partial charge in [0.05, 0.1) is 12.2 Å². The summed E-state index contributed by atoms with van der Waals surface area (Å²) in [5.74, 6) is -0.457. The van der Waals surface area contributed by atoms with Gasteiger partial charge in [-0.15, -0.1) is 10.2 Å². The number of aromatic hydroxyl groups is 1. The number of aromatic nitrogens is 5. The van der Waals surface area contributed by atoms with Crippen molar-refractivity contribution >= 4 is 5.95 Å². The number of nitrogens with zero attached hydrogens (tertiary/aromatic N) is 6. The minimum Gasteiger partial charge on any atom is -0.507 e. The van der Waals surface area contributed by atoms with Crippen LogP contribution in [0.4, 0.5) is 14.7 Å². The maximum absolute atomic E-state index is 15.2. The Bertz CT molecular complexity index is 1330. The predicted molar refractivity (Wildman–Crippen MR) is 124 cm³/mol. The first-order valence-corrected chi connectivity index (χ1v) is 11.8. The first-order chi connectivity index (χ1) is 16.9. The molecule has 1 saturated carbocycles. The minimum atomic E-state index is -0.988. The van der Waals surface area contributed by atoms with Crippen LogP contribution in [0.2, 0.25) is 0 Å². The maximum atomic E-state index is 15.2. The van der Waals surface area contributed by atoms with Crippen molar-refractivity contribution in [1.82, 2.24) is 30.0 Å². The average Bonchev–Trinajstić information content (AvgIpc) is 3.59. The Balaban J connectivity index is 1.28. The van der Waals surface area contributed by atoms with Crippen LogP contribution in [0.15, 0.2) is 35.4 Å². The average molecular weight is 482 g/mol. The van der Waals surface area contributed by atoms with Crippen LogP contribution >= 0.6 is 0 Å². The number of fused-ring (bicyclic) bond motifs is 2. The molecule has 2 aliphatic heterocycles. The van der Waals surface area contributed by atoms with Crippen LogP contribution in [0, 0.1) is 5.82 Å². The fourth-order valence-electron chi connectivity index (χ4n) is 5.30. The first-order valence-electron chi connectivity index (χ1n) is 11.8. The van der Waals surface area contributed by atoms with Crippen LogP contribution in [0.1, 0.15) is 32.1 Å². The molecule has 0 spiro atoms. The molecule has 1 aliphatic carbocycles. The summed E-state index contributed by atoms with van der Waals surface area (Å²) in [5, 5.41) is 22.5. The molecule has 2 bridgehead atoms. The normalized spacial score (nSPS) is 25.6. The summed E-state index contributed by atoms with van der Waals surface area (Å²) in [5.41, 5.74) is 0.187. The van der Waals surface area contributed by atoms with E-state index in [4.69, 9.17) is 0 Å². The van der Waals surface area contributed by atoms with E-state index >= 15 is 4.39 Å². The zero-order chi connectivity index (χ0) is 24.3. The van der Waals surface area contributed by atoms with E-state index in [1.165, 1.54) is 19.3 Å². The van der Waals surface area contributed by atoms with E-state index < -0.39 is 17.7 Å². The molecule has 0 unspecified atom stereocenters. The molecule has 11 heteroatoms. The van der Waals surface area contributed by atoms with Crippen LogP contribution in [-0.4, -0.2) is 60.2 Å². The van der Waals surface area contributed by atoms with Gasteiger partial charge in [-0.3, -0.25) is 4.57 Å². The van der Waals surface area contributed by atoms with Gasteiger partial charge in [-0.1, -0.05) is 6.07 Å². The van der Waals surface area contributed by atoms with Gasteiger partial charge < -0.3 is 15.3 Å². The summed E-state index contributed by atoms with van der Waals surface area (Å²) < 4.78 is 30.6. The molecule has 0 radical (unpaired) electrons. The first kappa shape index (κ1) is 22.0. The number of rotatable bonds is 5. The second-order valence-corrected chi connectivity index (χ2v) is 9.64. The number of benzene rings is 1. The van der Waals surface area contributed by atoms with Gasteiger partial charge in [0.15, 0.2) is 5.82 Å². The van der Waals surface area contributed by atoms with Crippen LogP contribution < -0.4 is 15.9 Å². The highest BCUT2D eigenvalue weighted by Crippen LogP contribution is 2.39. The molecule has 4 heterocycles. The molecule has 6 rings (SSSR count). The summed E-state index contributed by atoms with van der Waals surface area (Å²) >= 11 is 0. The number of phenols is 1. The SMILES string of the molecule is Cn1cc(F)c(-c2ccc(-c3cnc(N(C4CC4)[C@@H]4C[C@@H]5CC[C@H](N5)[C@@H]4F)nn3)c(O)c2)nc1=O. The highest BCUT2D eigenvalue weighted by atomic mass is 19.1. The van der Waals surface area contributed by atoms with Gasteiger partial charge in [-0.25, -0.2) is 18.6 Å². The molecular formula is C24H25F2N7O2. The van der Waals surface area contributed by atoms with E-state index in [-0.39, 0.29) is 35.1 Å². The van der Waals surface area contributed by atoms with Crippen molar-refractivity contribution in [2.75, 3.05) is 4.90 Å². The molecule has 9 nitrogen and oxygen atoms in total. The number of hydrogen-bond acceptors (Lipinski definition) is 8. The van der Waals surface area contributed by atoms with Gasteiger partial charge in [0.25, 0.3) is 0 Å². The fourth-order valence-corrected chi connectivity index (χ4v) is 5.30. The number of alkyl halides is 1. The Labute approximate surface area is 199 Å². The maximum Gasteiger partial charge on any atom is 0.348 e. The fraction of sp³-hybridized carbons (Fsp3) is 0.458. The quantitative estimate of drug-likeness (QED) is 0.572. The van der Waals surface area contributed by atoms with Gasteiger partial charge in [-0.05, 0) is 44.2 Å². The monoisotopic (exact) mass is 481 g/mol. The molecule has 0 amide bonds. The highest BCUT2D eigenvalue weighted by molar-refractivity contribution is 5.72. The van der Waals surface area contributed by atoms with Gasteiger partial charge in [0, 0.05) is 42.5 Å². The van der Waals surface area contributed by atoms with E-state index in [9.17, 15) is 14.3 Å². The highest BCUT2D eigenvalue weighted by Gasteiger charge is 2.48. The van der Waals surface area contributed by atoms with Crippen molar-refractivity contribution in [3.63, 3.8) is 0 Å². The van der Waals surface area contributed by atoms with Crippen molar-refractivity contribution in [3.05, 3.63) is 46.9 Å². The predicted octanol–water partition coefficient (Wildman–Crippen LogP) is 2.34. The van der Waals surface area contributed by atoms with E-state index in [0.717, 1.165) is 36.4 Å². The van der Waals surface area contributed by atoms with Gasteiger partial charge in [0.1, 0.15) is 23.3 Å². The molecular weight excluding hydrogens is 456 g/mol. The van der Waals surface area contributed by atoms with Crippen molar-refractivity contribution in [2.24, 2.45) is 7.05 Å². The molecule has 182 valence electrons. The molecule has 35 heavy (non-hydrogen) atoms. The number of aryl methyl sites for hydroxylation is 1. The number of anilines is 1. The van der Waals surface area contributed by atoms with E-state index in [1.54, 1.807) is 12.1 Å². The Morgan fingerprint density at radius 1 is 1.20 bits per heavy atom. The summed E-state index contributed by atoms with van der Waals surface area (Å²) in [4.78, 5) is 22.1. The summed E-state index contributed by atoms with van der Waals surface area (Å²) in [7, 11) is 1.41. The van der Waals surface area contributed by atoms with Crippen LogP contribution in [0.3, 0.4) is 0 Å². The summed E-state index contributed by atoms with van der Waals surface area (Å²) in [6.45, 7) is 0. The number of piperidine rings is 1. The van der Waals surface area contributed by atoms with E-state index in [2.05, 4.69) is 25.5 Å². The molecule has 1 aromatic carbocycles. The molecule has 3 aromatic rings. The molecule has 4 atom stereocenters. The molecule has 2 aromatic heterocycles.